The molecule has 0 saturated carbocycles. The predicted octanol–water partition coefficient (Wildman–Crippen LogP) is 5.21. The lowest BCUT2D eigenvalue weighted by atomic mass is 9.99. The summed E-state index contributed by atoms with van der Waals surface area (Å²) in [5.74, 6) is -0.447. The van der Waals surface area contributed by atoms with E-state index in [2.05, 4.69) is 29.2 Å². The Morgan fingerprint density at radius 1 is 0.769 bits per heavy atom. The molecule has 0 aliphatic carbocycles. The van der Waals surface area contributed by atoms with Crippen molar-refractivity contribution in [2.75, 3.05) is 14.1 Å². The molecule has 0 N–H and O–H groups in total. The summed E-state index contributed by atoms with van der Waals surface area (Å²) < 4.78 is 13.0. The summed E-state index contributed by atoms with van der Waals surface area (Å²) in [5, 5.41) is 0. The zero-order valence-electron chi connectivity index (χ0n) is 14.8. The fourth-order valence-corrected chi connectivity index (χ4v) is 2.75. The maximum absolute atomic E-state index is 13.0. The van der Waals surface area contributed by atoms with Crippen LogP contribution in [0, 0.1) is 5.82 Å². The lowest BCUT2D eigenvalue weighted by molar-refractivity contribution is 0.103. The van der Waals surface area contributed by atoms with Crippen molar-refractivity contribution in [3.05, 3.63) is 95.3 Å². The maximum Gasteiger partial charge on any atom is 0.193 e. The molecule has 0 radical (unpaired) electrons. The van der Waals surface area contributed by atoms with Crippen LogP contribution in [0.25, 0.3) is 11.1 Å². The average molecular weight is 370 g/mol. The minimum atomic E-state index is -0.343. The standard InChI is InChI=1S/C22H20FNO.ClH/c1-24(2)15-16-3-5-17(6-4-16)18-7-9-19(10-8-18)22(25)20-11-13-21(23)14-12-20;/h3-14H,15H2,1-2H3;1H. The highest BCUT2D eigenvalue weighted by Crippen LogP contribution is 2.22. The van der Waals surface area contributed by atoms with Crippen molar-refractivity contribution in [2.24, 2.45) is 0 Å². The van der Waals surface area contributed by atoms with Crippen LogP contribution in [-0.4, -0.2) is 24.8 Å². The van der Waals surface area contributed by atoms with Gasteiger partial charge in [0.2, 0.25) is 0 Å². The fourth-order valence-electron chi connectivity index (χ4n) is 2.75. The Labute approximate surface area is 159 Å². The molecule has 26 heavy (non-hydrogen) atoms. The summed E-state index contributed by atoms with van der Waals surface area (Å²) in [5.41, 5.74) is 4.52. The third-order valence-electron chi connectivity index (χ3n) is 4.04. The summed E-state index contributed by atoms with van der Waals surface area (Å²) in [6.45, 7) is 0.908. The van der Waals surface area contributed by atoms with E-state index < -0.39 is 0 Å². The van der Waals surface area contributed by atoms with E-state index in [1.807, 2.05) is 38.4 Å². The van der Waals surface area contributed by atoms with Gasteiger partial charge in [0, 0.05) is 17.7 Å². The van der Waals surface area contributed by atoms with Crippen LogP contribution >= 0.6 is 12.4 Å². The number of carbonyl (C=O) groups is 1. The molecule has 4 heteroatoms. The zero-order valence-corrected chi connectivity index (χ0v) is 15.6. The molecule has 0 aliphatic rings. The SMILES string of the molecule is CN(C)Cc1ccc(-c2ccc(C(=O)c3ccc(F)cc3)cc2)cc1.Cl. The zero-order chi connectivity index (χ0) is 17.8. The summed E-state index contributed by atoms with van der Waals surface area (Å²) in [7, 11) is 4.09. The number of hydrogen-bond acceptors (Lipinski definition) is 2. The van der Waals surface area contributed by atoms with Crippen molar-refractivity contribution in [3.63, 3.8) is 0 Å². The highest BCUT2D eigenvalue weighted by atomic mass is 35.5. The van der Waals surface area contributed by atoms with E-state index in [4.69, 9.17) is 0 Å². The second-order valence-corrected chi connectivity index (χ2v) is 6.35. The minimum absolute atomic E-state index is 0. The number of benzene rings is 3. The monoisotopic (exact) mass is 369 g/mol. The lowest BCUT2D eigenvalue weighted by Crippen LogP contribution is -2.10. The number of hydrogen-bond donors (Lipinski definition) is 0. The second-order valence-electron chi connectivity index (χ2n) is 6.35. The predicted molar refractivity (Wildman–Crippen MR) is 106 cm³/mol. The molecule has 0 spiro atoms. The highest BCUT2D eigenvalue weighted by Gasteiger charge is 2.09. The first-order valence-electron chi connectivity index (χ1n) is 8.17. The first kappa shape index (κ1) is 19.8. The smallest absolute Gasteiger partial charge is 0.193 e. The summed E-state index contributed by atoms with van der Waals surface area (Å²) in [6.07, 6.45) is 0. The van der Waals surface area contributed by atoms with E-state index in [-0.39, 0.29) is 24.0 Å². The van der Waals surface area contributed by atoms with Crippen LogP contribution in [0.1, 0.15) is 21.5 Å². The number of carbonyl (C=O) groups excluding carboxylic acids is 1. The lowest BCUT2D eigenvalue weighted by Gasteiger charge is -2.10. The van der Waals surface area contributed by atoms with Crippen LogP contribution in [0.3, 0.4) is 0 Å². The van der Waals surface area contributed by atoms with Crippen molar-refractivity contribution >= 4 is 18.2 Å². The van der Waals surface area contributed by atoms with Crippen LogP contribution in [0.5, 0.6) is 0 Å². The molecule has 0 unspecified atom stereocenters. The van der Waals surface area contributed by atoms with Crippen LogP contribution in [0.15, 0.2) is 72.8 Å². The topological polar surface area (TPSA) is 20.3 Å². The molecule has 0 atom stereocenters. The molecule has 0 aromatic heterocycles. The number of rotatable bonds is 5. The molecule has 0 aliphatic heterocycles. The molecule has 0 amide bonds. The van der Waals surface area contributed by atoms with Crippen molar-refractivity contribution < 1.29 is 9.18 Å². The number of halogens is 2. The van der Waals surface area contributed by atoms with E-state index in [0.717, 1.165) is 17.7 Å². The third-order valence-corrected chi connectivity index (χ3v) is 4.04. The molecule has 0 fully saturated rings. The van der Waals surface area contributed by atoms with Gasteiger partial charge < -0.3 is 4.90 Å². The normalized spacial score (nSPS) is 10.5. The number of ketones is 1. The Bertz CT molecular complexity index is 856. The van der Waals surface area contributed by atoms with Gasteiger partial charge in [-0.2, -0.15) is 0 Å². The van der Waals surface area contributed by atoms with E-state index in [1.165, 1.54) is 29.8 Å². The highest BCUT2D eigenvalue weighted by molar-refractivity contribution is 6.09. The minimum Gasteiger partial charge on any atom is -0.305 e. The average Bonchev–Trinajstić information content (AvgIpc) is 2.62. The summed E-state index contributed by atoms with van der Waals surface area (Å²) >= 11 is 0. The second kappa shape index (κ2) is 8.75. The molecule has 3 aromatic rings. The van der Waals surface area contributed by atoms with E-state index in [0.29, 0.717) is 11.1 Å². The van der Waals surface area contributed by atoms with Gasteiger partial charge in [0.15, 0.2) is 5.78 Å². The van der Waals surface area contributed by atoms with Crippen LogP contribution in [-0.2, 0) is 6.54 Å². The van der Waals surface area contributed by atoms with E-state index in [9.17, 15) is 9.18 Å². The third kappa shape index (κ3) is 4.78. The molecule has 3 rings (SSSR count). The molecule has 3 aromatic carbocycles. The Kier molecular flexibility index (Phi) is 6.67. The molecule has 0 saturated heterocycles. The van der Waals surface area contributed by atoms with Gasteiger partial charge in [-0.25, -0.2) is 4.39 Å². The fraction of sp³-hybridized carbons (Fsp3) is 0.136. The Hall–Kier alpha value is -2.49. The molecular formula is C22H21ClFNO. The van der Waals surface area contributed by atoms with Crippen molar-refractivity contribution in [2.45, 2.75) is 6.54 Å². The molecular weight excluding hydrogens is 349 g/mol. The Morgan fingerprint density at radius 3 is 1.65 bits per heavy atom. The van der Waals surface area contributed by atoms with Gasteiger partial charge in [0.1, 0.15) is 5.82 Å². The quantitative estimate of drug-likeness (QED) is 0.575. The van der Waals surface area contributed by atoms with E-state index >= 15 is 0 Å². The largest absolute Gasteiger partial charge is 0.305 e. The first-order chi connectivity index (χ1) is 12.0. The van der Waals surface area contributed by atoms with Crippen molar-refractivity contribution in [3.8, 4) is 11.1 Å². The molecule has 0 heterocycles. The Morgan fingerprint density at radius 2 is 1.19 bits per heavy atom. The van der Waals surface area contributed by atoms with Gasteiger partial charge in [-0.15, -0.1) is 12.4 Å². The molecule has 0 bridgehead atoms. The Balaban J connectivity index is 0.00000243. The summed E-state index contributed by atoms with van der Waals surface area (Å²) in [4.78, 5) is 14.6. The van der Waals surface area contributed by atoms with Gasteiger partial charge in [-0.3, -0.25) is 4.79 Å². The van der Waals surface area contributed by atoms with Crippen molar-refractivity contribution in [1.82, 2.24) is 4.90 Å². The summed E-state index contributed by atoms with van der Waals surface area (Å²) in [6, 6.07) is 21.6. The van der Waals surface area contributed by atoms with Gasteiger partial charge in [-0.1, -0.05) is 48.5 Å². The first-order valence-corrected chi connectivity index (χ1v) is 8.17. The van der Waals surface area contributed by atoms with Crippen LogP contribution < -0.4 is 0 Å². The van der Waals surface area contributed by atoms with Crippen LogP contribution in [0.2, 0.25) is 0 Å². The van der Waals surface area contributed by atoms with Gasteiger partial charge >= 0.3 is 0 Å². The van der Waals surface area contributed by atoms with Crippen molar-refractivity contribution in [1.29, 1.82) is 0 Å². The maximum atomic E-state index is 13.0. The number of nitrogens with zero attached hydrogens (tertiary/aromatic N) is 1. The van der Waals surface area contributed by atoms with E-state index in [1.54, 1.807) is 0 Å². The molecule has 134 valence electrons. The van der Waals surface area contributed by atoms with Gasteiger partial charge in [0.05, 0.1) is 0 Å². The van der Waals surface area contributed by atoms with Crippen LogP contribution in [0.4, 0.5) is 4.39 Å². The molecule has 2 nitrogen and oxygen atoms in total. The van der Waals surface area contributed by atoms with Gasteiger partial charge in [-0.05, 0) is 55.1 Å². The van der Waals surface area contributed by atoms with Gasteiger partial charge in [0.25, 0.3) is 0 Å².